The number of rotatable bonds is 4. The van der Waals surface area contributed by atoms with Crippen molar-refractivity contribution in [1.29, 1.82) is 0 Å². The van der Waals surface area contributed by atoms with Gasteiger partial charge in [-0.05, 0) is 24.1 Å². The van der Waals surface area contributed by atoms with Gasteiger partial charge in [-0.3, -0.25) is 0 Å². The van der Waals surface area contributed by atoms with Gasteiger partial charge in [0, 0.05) is 10.6 Å². The van der Waals surface area contributed by atoms with E-state index in [0.29, 0.717) is 0 Å². The fraction of sp³-hybridized carbons (Fsp3) is 0.231. The first kappa shape index (κ1) is 11.3. The van der Waals surface area contributed by atoms with Crippen LogP contribution in [0.3, 0.4) is 0 Å². The number of aryl methyl sites for hydroxylation is 1. The maximum atomic E-state index is 8.93. The van der Waals surface area contributed by atoms with Crippen LogP contribution in [-0.4, -0.2) is 5.11 Å². The summed E-state index contributed by atoms with van der Waals surface area (Å²) in [4.78, 5) is 1.19. The summed E-state index contributed by atoms with van der Waals surface area (Å²) in [5, 5.41) is 8.93. The van der Waals surface area contributed by atoms with Crippen molar-refractivity contribution in [2.24, 2.45) is 0 Å². The number of thioether (sulfide) groups is 1. The third-order valence-corrected chi connectivity index (χ3v) is 3.62. The summed E-state index contributed by atoms with van der Waals surface area (Å²) in [5.41, 5.74) is 2.20. The molecule has 16 heavy (non-hydrogen) atoms. The molecular weight excluding hydrogens is 220 g/mol. The Morgan fingerprint density at radius 1 is 1.12 bits per heavy atom. The van der Waals surface area contributed by atoms with Crippen molar-refractivity contribution in [3.05, 3.63) is 53.5 Å². The molecular formula is C13H14O2S. The molecule has 0 aliphatic heterocycles. The normalized spacial score (nSPS) is 10.6. The Morgan fingerprint density at radius 3 is 2.38 bits per heavy atom. The molecule has 0 saturated carbocycles. The van der Waals surface area contributed by atoms with Gasteiger partial charge in [-0.1, -0.05) is 24.3 Å². The molecule has 1 N–H and O–H groups in total. The topological polar surface area (TPSA) is 33.4 Å². The van der Waals surface area contributed by atoms with Gasteiger partial charge in [-0.15, -0.1) is 11.8 Å². The Labute approximate surface area is 99.3 Å². The first-order valence-electron chi connectivity index (χ1n) is 5.15. The summed E-state index contributed by atoms with van der Waals surface area (Å²) in [5.74, 6) is 1.89. The summed E-state index contributed by atoms with van der Waals surface area (Å²) in [7, 11) is 0. The standard InChI is InChI=1S/C13H14O2S/c1-10-13(6-7-15-10)16-9-12-4-2-11(8-14)3-5-12/h2-7,14H,8-9H2,1H3. The minimum absolute atomic E-state index is 0.105. The van der Waals surface area contributed by atoms with Crippen molar-refractivity contribution in [3.63, 3.8) is 0 Å². The molecule has 1 aromatic carbocycles. The lowest BCUT2D eigenvalue weighted by atomic mass is 10.2. The third kappa shape index (κ3) is 2.68. The van der Waals surface area contributed by atoms with Gasteiger partial charge >= 0.3 is 0 Å². The predicted octanol–water partition coefficient (Wildman–Crippen LogP) is 3.37. The minimum Gasteiger partial charge on any atom is -0.468 e. The van der Waals surface area contributed by atoms with E-state index in [2.05, 4.69) is 0 Å². The Balaban J connectivity index is 1.97. The van der Waals surface area contributed by atoms with E-state index in [0.717, 1.165) is 17.1 Å². The maximum absolute atomic E-state index is 8.93. The van der Waals surface area contributed by atoms with E-state index < -0.39 is 0 Å². The highest BCUT2D eigenvalue weighted by Crippen LogP contribution is 2.26. The molecule has 0 fully saturated rings. The molecule has 3 heteroatoms. The first-order valence-corrected chi connectivity index (χ1v) is 6.13. The van der Waals surface area contributed by atoms with Crippen LogP contribution < -0.4 is 0 Å². The fourth-order valence-electron chi connectivity index (χ4n) is 1.43. The molecule has 0 radical (unpaired) electrons. The molecule has 0 atom stereocenters. The van der Waals surface area contributed by atoms with Gasteiger partial charge in [0.25, 0.3) is 0 Å². The van der Waals surface area contributed by atoms with E-state index in [1.807, 2.05) is 37.3 Å². The zero-order valence-corrected chi connectivity index (χ0v) is 9.96. The van der Waals surface area contributed by atoms with Crippen molar-refractivity contribution in [3.8, 4) is 0 Å². The molecule has 84 valence electrons. The third-order valence-electron chi connectivity index (χ3n) is 2.41. The second kappa shape index (κ2) is 5.23. The van der Waals surface area contributed by atoms with Gasteiger partial charge in [-0.25, -0.2) is 0 Å². The van der Waals surface area contributed by atoms with Crippen molar-refractivity contribution >= 4 is 11.8 Å². The Kier molecular flexibility index (Phi) is 3.70. The summed E-state index contributed by atoms with van der Waals surface area (Å²) in [6, 6.07) is 10.0. The smallest absolute Gasteiger partial charge is 0.114 e. The summed E-state index contributed by atoms with van der Waals surface area (Å²) in [6.07, 6.45) is 1.71. The van der Waals surface area contributed by atoms with E-state index >= 15 is 0 Å². The summed E-state index contributed by atoms with van der Waals surface area (Å²) < 4.78 is 5.24. The Morgan fingerprint density at radius 2 is 1.81 bits per heavy atom. The second-order valence-electron chi connectivity index (χ2n) is 3.60. The zero-order chi connectivity index (χ0) is 11.4. The highest BCUT2D eigenvalue weighted by molar-refractivity contribution is 7.98. The lowest BCUT2D eigenvalue weighted by molar-refractivity contribution is 0.282. The van der Waals surface area contributed by atoms with Gasteiger partial charge in [0.2, 0.25) is 0 Å². The molecule has 0 aliphatic carbocycles. The number of aliphatic hydroxyl groups excluding tert-OH is 1. The lowest BCUT2D eigenvalue weighted by Crippen LogP contribution is -1.85. The van der Waals surface area contributed by atoms with E-state index in [1.54, 1.807) is 18.0 Å². The number of furan rings is 1. The molecule has 2 nitrogen and oxygen atoms in total. The summed E-state index contributed by atoms with van der Waals surface area (Å²) in [6.45, 7) is 2.07. The van der Waals surface area contributed by atoms with Crippen LogP contribution in [0.25, 0.3) is 0 Å². The van der Waals surface area contributed by atoms with Gasteiger partial charge in [-0.2, -0.15) is 0 Å². The van der Waals surface area contributed by atoms with E-state index in [1.165, 1.54) is 10.5 Å². The molecule has 0 spiro atoms. The van der Waals surface area contributed by atoms with Gasteiger partial charge in [0.15, 0.2) is 0 Å². The SMILES string of the molecule is Cc1occc1SCc1ccc(CO)cc1. The zero-order valence-electron chi connectivity index (χ0n) is 9.14. The van der Waals surface area contributed by atoms with Crippen LogP contribution in [0.4, 0.5) is 0 Å². The molecule has 1 heterocycles. The quantitative estimate of drug-likeness (QED) is 0.823. The van der Waals surface area contributed by atoms with E-state index in [4.69, 9.17) is 9.52 Å². The average Bonchev–Trinajstić information content (AvgIpc) is 2.73. The molecule has 1 aromatic heterocycles. The van der Waals surface area contributed by atoms with Crippen LogP contribution in [0, 0.1) is 6.92 Å². The molecule has 0 saturated heterocycles. The fourth-order valence-corrected chi connectivity index (χ4v) is 2.34. The Bertz CT molecular complexity index is 445. The van der Waals surface area contributed by atoms with Gasteiger partial charge in [0.1, 0.15) is 5.76 Å². The van der Waals surface area contributed by atoms with Crippen molar-refractivity contribution in [2.45, 2.75) is 24.2 Å². The van der Waals surface area contributed by atoms with E-state index in [9.17, 15) is 0 Å². The van der Waals surface area contributed by atoms with Crippen molar-refractivity contribution in [2.75, 3.05) is 0 Å². The predicted molar refractivity (Wildman–Crippen MR) is 65.4 cm³/mol. The largest absolute Gasteiger partial charge is 0.468 e. The van der Waals surface area contributed by atoms with Crippen LogP contribution in [-0.2, 0) is 12.4 Å². The van der Waals surface area contributed by atoms with E-state index in [-0.39, 0.29) is 6.61 Å². The van der Waals surface area contributed by atoms with Crippen molar-refractivity contribution in [1.82, 2.24) is 0 Å². The highest BCUT2D eigenvalue weighted by Gasteiger charge is 2.02. The second-order valence-corrected chi connectivity index (χ2v) is 4.62. The summed E-state index contributed by atoms with van der Waals surface area (Å²) >= 11 is 1.76. The lowest BCUT2D eigenvalue weighted by Gasteiger charge is -2.02. The molecule has 2 rings (SSSR count). The number of aliphatic hydroxyl groups is 1. The van der Waals surface area contributed by atoms with Gasteiger partial charge in [0.05, 0.1) is 12.9 Å². The molecule has 2 aromatic rings. The molecule has 0 amide bonds. The highest BCUT2D eigenvalue weighted by atomic mass is 32.2. The maximum Gasteiger partial charge on any atom is 0.114 e. The molecule has 0 unspecified atom stereocenters. The number of benzene rings is 1. The average molecular weight is 234 g/mol. The van der Waals surface area contributed by atoms with Crippen LogP contribution >= 0.6 is 11.8 Å². The monoisotopic (exact) mass is 234 g/mol. The van der Waals surface area contributed by atoms with Crippen LogP contribution in [0.2, 0.25) is 0 Å². The first-order chi connectivity index (χ1) is 7.79. The molecule has 0 bridgehead atoms. The number of hydrogen-bond acceptors (Lipinski definition) is 3. The Hall–Kier alpha value is -1.19. The van der Waals surface area contributed by atoms with Crippen LogP contribution in [0.1, 0.15) is 16.9 Å². The van der Waals surface area contributed by atoms with Crippen LogP contribution in [0.15, 0.2) is 45.9 Å². The van der Waals surface area contributed by atoms with Gasteiger partial charge < -0.3 is 9.52 Å². The van der Waals surface area contributed by atoms with Crippen molar-refractivity contribution < 1.29 is 9.52 Å². The minimum atomic E-state index is 0.105. The number of hydrogen-bond donors (Lipinski definition) is 1. The van der Waals surface area contributed by atoms with Crippen LogP contribution in [0.5, 0.6) is 0 Å². The molecule has 0 aliphatic rings.